The van der Waals surface area contributed by atoms with Gasteiger partial charge >= 0.3 is 0 Å². The predicted molar refractivity (Wildman–Crippen MR) is 116 cm³/mol. The molecular formula is C20H34N4O3S. The van der Waals surface area contributed by atoms with Gasteiger partial charge in [-0.15, -0.1) is 0 Å². The Morgan fingerprint density at radius 2 is 2.14 bits per heavy atom. The lowest BCUT2D eigenvalue weighted by atomic mass is 10.1. The van der Waals surface area contributed by atoms with E-state index in [-0.39, 0.29) is 11.8 Å². The summed E-state index contributed by atoms with van der Waals surface area (Å²) in [6.45, 7) is 7.46. The van der Waals surface area contributed by atoms with Crippen LogP contribution in [0.4, 0.5) is 5.69 Å². The Bertz CT molecular complexity index is 752. The number of hydrogen-bond acceptors (Lipinski definition) is 5. The third-order valence-electron chi connectivity index (χ3n) is 4.87. The van der Waals surface area contributed by atoms with Crippen LogP contribution in [-0.4, -0.2) is 65.7 Å². The summed E-state index contributed by atoms with van der Waals surface area (Å²) < 4.78 is 28.2. The van der Waals surface area contributed by atoms with Gasteiger partial charge in [-0.3, -0.25) is 4.99 Å². The second kappa shape index (κ2) is 10.5. The van der Waals surface area contributed by atoms with E-state index in [0.29, 0.717) is 12.3 Å². The summed E-state index contributed by atoms with van der Waals surface area (Å²) in [6.07, 6.45) is 2.92. The summed E-state index contributed by atoms with van der Waals surface area (Å²) in [7, 11) is -1.24. The average Bonchev–Trinajstić information content (AvgIpc) is 3.13. The fourth-order valence-corrected chi connectivity index (χ4v) is 4.11. The zero-order valence-corrected chi connectivity index (χ0v) is 18.3. The lowest BCUT2D eigenvalue weighted by molar-refractivity contribution is 0.414. The Balaban J connectivity index is 1.90. The van der Waals surface area contributed by atoms with Crippen molar-refractivity contribution in [1.82, 2.24) is 10.6 Å². The lowest BCUT2D eigenvalue weighted by Crippen LogP contribution is -2.43. The molecular weight excluding hydrogens is 376 g/mol. The highest BCUT2D eigenvalue weighted by Gasteiger charge is 2.24. The van der Waals surface area contributed by atoms with Crippen molar-refractivity contribution >= 4 is 21.5 Å². The van der Waals surface area contributed by atoms with Crippen LogP contribution >= 0.6 is 0 Å². The van der Waals surface area contributed by atoms with Crippen LogP contribution in [0.2, 0.25) is 0 Å². The number of rotatable bonds is 9. The van der Waals surface area contributed by atoms with Crippen LogP contribution in [-0.2, 0) is 9.84 Å². The van der Waals surface area contributed by atoms with Crippen LogP contribution in [0.5, 0.6) is 5.75 Å². The molecule has 1 aliphatic heterocycles. The van der Waals surface area contributed by atoms with Gasteiger partial charge in [-0.25, -0.2) is 8.42 Å². The SMILES string of the molecule is CCNC(=NCC1CCN(c2ccccc2OC)C1)NC(C)CCS(C)(=O)=O. The first-order valence-corrected chi connectivity index (χ1v) is 12.0. The molecule has 0 spiro atoms. The number of para-hydroxylation sites is 2. The van der Waals surface area contributed by atoms with Crippen LogP contribution in [0.3, 0.4) is 0 Å². The number of nitrogens with one attached hydrogen (secondary N) is 2. The maximum absolute atomic E-state index is 11.4. The third kappa shape index (κ3) is 7.22. The van der Waals surface area contributed by atoms with Gasteiger partial charge in [0.2, 0.25) is 0 Å². The number of methoxy groups -OCH3 is 1. The number of sulfone groups is 1. The van der Waals surface area contributed by atoms with Crippen LogP contribution in [0.1, 0.15) is 26.7 Å². The second-order valence-electron chi connectivity index (χ2n) is 7.46. The third-order valence-corrected chi connectivity index (χ3v) is 5.85. The van der Waals surface area contributed by atoms with E-state index in [4.69, 9.17) is 9.73 Å². The van der Waals surface area contributed by atoms with E-state index < -0.39 is 9.84 Å². The highest BCUT2D eigenvalue weighted by atomic mass is 32.2. The van der Waals surface area contributed by atoms with E-state index in [2.05, 4.69) is 21.6 Å². The molecule has 158 valence electrons. The Morgan fingerprint density at radius 1 is 1.39 bits per heavy atom. The molecule has 1 heterocycles. The minimum Gasteiger partial charge on any atom is -0.495 e. The van der Waals surface area contributed by atoms with Gasteiger partial charge < -0.3 is 20.3 Å². The summed E-state index contributed by atoms with van der Waals surface area (Å²) in [4.78, 5) is 7.09. The first kappa shape index (κ1) is 22.3. The van der Waals surface area contributed by atoms with E-state index in [0.717, 1.165) is 50.0 Å². The van der Waals surface area contributed by atoms with E-state index in [1.54, 1.807) is 7.11 Å². The van der Waals surface area contributed by atoms with Crippen LogP contribution < -0.4 is 20.3 Å². The van der Waals surface area contributed by atoms with Crippen molar-refractivity contribution in [3.63, 3.8) is 0 Å². The summed E-state index contributed by atoms with van der Waals surface area (Å²) in [5, 5.41) is 6.57. The molecule has 2 unspecified atom stereocenters. The quantitative estimate of drug-likeness (QED) is 0.478. The van der Waals surface area contributed by atoms with Crippen LogP contribution in [0.25, 0.3) is 0 Å². The van der Waals surface area contributed by atoms with Crippen molar-refractivity contribution < 1.29 is 13.2 Å². The van der Waals surface area contributed by atoms with Gasteiger partial charge in [0, 0.05) is 38.5 Å². The number of guanidine groups is 1. The Hall–Kier alpha value is -1.96. The highest BCUT2D eigenvalue weighted by molar-refractivity contribution is 7.90. The fourth-order valence-electron chi connectivity index (χ4n) is 3.33. The van der Waals surface area contributed by atoms with Crippen LogP contribution in [0.15, 0.2) is 29.3 Å². The topological polar surface area (TPSA) is 83.0 Å². The van der Waals surface area contributed by atoms with E-state index >= 15 is 0 Å². The first-order valence-electron chi connectivity index (χ1n) is 9.93. The van der Waals surface area contributed by atoms with Crippen molar-refractivity contribution in [1.29, 1.82) is 0 Å². The minimum atomic E-state index is -2.95. The smallest absolute Gasteiger partial charge is 0.191 e. The summed E-state index contributed by atoms with van der Waals surface area (Å²) in [6, 6.07) is 8.15. The normalized spacial score (nSPS) is 18.8. The molecule has 2 atom stereocenters. The highest BCUT2D eigenvalue weighted by Crippen LogP contribution is 2.31. The summed E-state index contributed by atoms with van der Waals surface area (Å²) in [5.41, 5.74) is 1.14. The van der Waals surface area contributed by atoms with Gasteiger partial charge in [0.25, 0.3) is 0 Å². The van der Waals surface area contributed by atoms with Gasteiger partial charge in [0.05, 0.1) is 18.6 Å². The van der Waals surface area contributed by atoms with Crippen molar-refractivity contribution in [3.8, 4) is 5.75 Å². The molecule has 1 saturated heterocycles. The van der Waals surface area contributed by atoms with Gasteiger partial charge in [0.1, 0.15) is 15.6 Å². The van der Waals surface area contributed by atoms with Gasteiger partial charge in [-0.2, -0.15) is 0 Å². The average molecular weight is 411 g/mol. The number of benzene rings is 1. The number of nitrogens with zero attached hydrogens (tertiary/aromatic N) is 2. The van der Waals surface area contributed by atoms with Gasteiger partial charge in [0.15, 0.2) is 5.96 Å². The molecule has 2 rings (SSSR count). The monoisotopic (exact) mass is 410 g/mol. The largest absolute Gasteiger partial charge is 0.495 e. The van der Waals surface area contributed by atoms with Crippen molar-refractivity contribution in [2.24, 2.45) is 10.9 Å². The number of aliphatic imine (C=N–C) groups is 1. The molecule has 0 amide bonds. The van der Waals surface area contributed by atoms with Gasteiger partial charge in [-0.1, -0.05) is 12.1 Å². The van der Waals surface area contributed by atoms with E-state index in [1.807, 2.05) is 32.0 Å². The Kier molecular flexibility index (Phi) is 8.41. The van der Waals surface area contributed by atoms with Crippen molar-refractivity contribution in [2.75, 3.05) is 50.2 Å². The van der Waals surface area contributed by atoms with E-state index in [9.17, 15) is 8.42 Å². The minimum absolute atomic E-state index is 0.0428. The predicted octanol–water partition coefficient (Wildman–Crippen LogP) is 1.90. The number of hydrogen-bond donors (Lipinski definition) is 2. The van der Waals surface area contributed by atoms with Crippen LogP contribution in [0, 0.1) is 5.92 Å². The molecule has 0 aromatic heterocycles. The van der Waals surface area contributed by atoms with E-state index in [1.165, 1.54) is 6.26 Å². The summed E-state index contributed by atoms with van der Waals surface area (Å²) in [5.74, 6) is 2.31. The number of ether oxygens (including phenoxy) is 1. The lowest BCUT2D eigenvalue weighted by Gasteiger charge is -2.21. The molecule has 28 heavy (non-hydrogen) atoms. The second-order valence-corrected chi connectivity index (χ2v) is 9.72. The maximum atomic E-state index is 11.4. The zero-order valence-electron chi connectivity index (χ0n) is 17.4. The fraction of sp³-hybridized carbons (Fsp3) is 0.650. The van der Waals surface area contributed by atoms with Gasteiger partial charge in [-0.05, 0) is 44.7 Å². The molecule has 0 saturated carbocycles. The standard InChI is InChI=1S/C20H34N4O3S/c1-5-21-20(23-16(2)11-13-28(4,25)26)22-14-17-10-12-24(15-17)18-8-6-7-9-19(18)27-3/h6-9,16-17H,5,10-15H2,1-4H3,(H2,21,22,23). The molecule has 1 fully saturated rings. The Labute approximate surface area is 169 Å². The zero-order chi connectivity index (χ0) is 20.6. The van der Waals surface area contributed by atoms with Crippen molar-refractivity contribution in [3.05, 3.63) is 24.3 Å². The molecule has 0 radical (unpaired) electrons. The molecule has 0 bridgehead atoms. The Morgan fingerprint density at radius 3 is 2.82 bits per heavy atom. The molecule has 8 heteroatoms. The molecule has 1 aliphatic rings. The first-order chi connectivity index (χ1) is 13.3. The van der Waals surface area contributed by atoms with Crippen molar-refractivity contribution in [2.45, 2.75) is 32.7 Å². The molecule has 7 nitrogen and oxygen atoms in total. The maximum Gasteiger partial charge on any atom is 0.191 e. The molecule has 1 aromatic rings. The molecule has 2 N–H and O–H groups in total. The molecule has 0 aliphatic carbocycles. The summed E-state index contributed by atoms with van der Waals surface area (Å²) >= 11 is 0. The number of anilines is 1. The molecule has 1 aromatic carbocycles.